The Kier molecular flexibility index (Phi) is 9.27. The second-order valence-electron chi connectivity index (χ2n) is 3.26. The average molecular weight is 297 g/mol. The quantitative estimate of drug-likeness (QED) is 0.575. The molecular formula is C10H17ClN2O4S. The Morgan fingerprint density at radius 2 is 1.61 bits per heavy atom. The van der Waals surface area contributed by atoms with Gasteiger partial charge in [0.05, 0.1) is 46.2 Å². The van der Waals surface area contributed by atoms with E-state index in [1.165, 1.54) is 0 Å². The SMILES string of the molecule is COCCOCCOCCOCc1nnsc1Cl. The zero-order chi connectivity index (χ0) is 13.1. The smallest absolute Gasteiger partial charge is 0.139 e. The van der Waals surface area contributed by atoms with Crippen molar-refractivity contribution in [3.63, 3.8) is 0 Å². The van der Waals surface area contributed by atoms with Crippen molar-refractivity contribution >= 4 is 23.1 Å². The van der Waals surface area contributed by atoms with Gasteiger partial charge in [-0.05, 0) is 0 Å². The summed E-state index contributed by atoms with van der Waals surface area (Å²) in [6, 6.07) is 0. The van der Waals surface area contributed by atoms with Gasteiger partial charge in [-0.2, -0.15) is 0 Å². The summed E-state index contributed by atoms with van der Waals surface area (Å²) >= 11 is 6.97. The maximum absolute atomic E-state index is 5.82. The molecule has 0 amide bonds. The van der Waals surface area contributed by atoms with Crippen molar-refractivity contribution in [1.82, 2.24) is 9.59 Å². The lowest BCUT2D eigenvalue weighted by Gasteiger charge is -2.05. The van der Waals surface area contributed by atoms with Crippen LogP contribution in [0.25, 0.3) is 0 Å². The number of ether oxygens (including phenoxy) is 4. The second kappa shape index (κ2) is 10.6. The fraction of sp³-hybridized carbons (Fsp3) is 0.800. The Bertz CT molecular complexity index is 314. The first-order valence-corrected chi connectivity index (χ1v) is 6.68. The van der Waals surface area contributed by atoms with Crippen LogP contribution in [0.4, 0.5) is 0 Å². The fourth-order valence-electron chi connectivity index (χ4n) is 1.03. The lowest BCUT2D eigenvalue weighted by Crippen LogP contribution is -2.11. The maximum Gasteiger partial charge on any atom is 0.139 e. The molecule has 0 aliphatic heterocycles. The highest BCUT2D eigenvalue weighted by molar-refractivity contribution is 7.10. The Balaban J connectivity index is 1.83. The zero-order valence-electron chi connectivity index (χ0n) is 10.3. The van der Waals surface area contributed by atoms with Gasteiger partial charge in [0.15, 0.2) is 0 Å². The first-order valence-electron chi connectivity index (χ1n) is 5.53. The van der Waals surface area contributed by atoms with Crippen LogP contribution in [0.1, 0.15) is 5.69 Å². The number of aromatic nitrogens is 2. The number of halogens is 1. The second-order valence-corrected chi connectivity index (χ2v) is 4.62. The van der Waals surface area contributed by atoms with Crippen molar-refractivity contribution in [2.45, 2.75) is 6.61 Å². The molecule has 18 heavy (non-hydrogen) atoms. The van der Waals surface area contributed by atoms with Crippen molar-refractivity contribution < 1.29 is 18.9 Å². The van der Waals surface area contributed by atoms with E-state index < -0.39 is 0 Å². The number of hydrogen-bond acceptors (Lipinski definition) is 7. The molecule has 8 heteroatoms. The van der Waals surface area contributed by atoms with Crippen LogP contribution < -0.4 is 0 Å². The van der Waals surface area contributed by atoms with Crippen LogP contribution in [0, 0.1) is 0 Å². The van der Waals surface area contributed by atoms with Crippen LogP contribution in [-0.2, 0) is 25.6 Å². The number of methoxy groups -OCH3 is 1. The summed E-state index contributed by atoms with van der Waals surface area (Å²) < 4.78 is 25.0. The van der Waals surface area contributed by atoms with Crippen LogP contribution in [0.3, 0.4) is 0 Å². The van der Waals surface area contributed by atoms with E-state index in [4.69, 9.17) is 30.5 Å². The van der Waals surface area contributed by atoms with E-state index in [0.717, 1.165) is 11.5 Å². The molecule has 1 rings (SSSR count). The van der Waals surface area contributed by atoms with Gasteiger partial charge in [-0.3, -0.25) is 0 Å². The molecule has 0 aliphatic carbocycles. The van der Waals surface area contributed by atoms with Crippen LogP contribution in [0.15, 0.2) is 0 Å². The standard InChI is InChI=1S/C10H17ClN2O4S/c1-14-2-3-15-4-5-16-6-7-17-8-9-10(11)18-13-12-9/h2-8H2,1H3. The molecular weight excluding hydrogens is 280 g/mol. The first kappa shape index (κ1) is 15.7. The van der Waals surface area contributed by atoms with Crippen molar-refractivity contribution in [1.29, 1.82) is 0 Å². The summed E-state index contributed by atoms with van der Waals surface area (Å²) in [6.45, 7) is 3.67. The van der Waals surface area contributed by atoms with E-state index in [2.05, 4.69) is 9.59 Å². The number of hydrogen-bond donors (Lipinski definition) is 0. The van der Waals surface area contributed by atoms with Gasteiger partial charge in [0.25, 0.3) is 0 Å². The molecule has 6 nitrogen and oxygen atoms in total. The number of rotatable bonds is 11. The van der Waals surface area contributed by atoms with Gasteiger partial charge in [-0.15, -0.1) is 5.10 Å². The lowest BCUT2D eigenvalue weighted by molar-refractivity contribution is 0.000476. The first-order chi connectivity index (χ1) is 8.84. The molecule has 0 bridgehead atoms. The molecule has 1 aromatic rings. The molecule has 104 valence electrons. The molecule has 0 saturated carbocycles. The minimum absolute atomic E-state index is 0.364. The van der Waals surface area contributed by atoms with Gasteiger partial charge in [0.1, 0.15) is 10.0 Å². The molecule has 0 fully saturated rings. The summed E-state index contributed by atoms with van der Waals surface area (Å²) in [4.78, 5) is 0. The van der Waals surface area contributed by atoms with Crippen LogP contribution in [0.2, 0.25) is 4.34 Å². The fourth-order valence-corrected chi connectivity index (χ4v) is 1.64. The Hall–Kier alpha value is -0.310. The summed E-state index contributed by atoms with van der Waals surface area (Å²) in [7, 11) is 1.64. The third-order valence-electron chi connectivity index (χ3n) is 1.92. The molecule has 0 atom stereocenters. The Labute approximate surface area is 115 Å². The number of nitrogens with zero attached hydrogens (tertiary/aromatic N) is 2. The van der Waals surface area contributed by atoms with Crippen molar-refractivity contribution in [2.24, 2.45) is 0 Å². The van der Waals surface area contributed by atoms with E-state index in [9.17, 15) is 0 Å². The summed E-state index contributed by atoms with van der Waals surface area (Å²) in [5.74, 6) is 0. The third kappa shape index (κ3) is 7.20. The highest BCUT2D eigenvalue weighted by Crippen LogP contribution is 2.17. The van der Waals surface area contributed by atoms with Crippen molar-refractivity contribution in [3.8, 4) is 0 Å². The zero-order valence-corrected chi connectivity index (χ0v) is 11.8. The highest BCUT2D eigenvalue weighted by Gasteiger charge is 2.04. The van der Waals surface area contributed by atoms with E-state index in [0.29, 0.717) is 56.3 Å². The normalized spacial score (nSPS) is 11.0. The van der Waals surface area contributed by atoms with E-state index in [1.54, 1.807) is 7.11 Å². The van der Waals surface area contributed by atoms with Crippen molar-refractivity contribution in [2.75, 3.05) is 46.8 Å². The summed E-state index contributed by atoms with van der Waals surface area (Å²) in [5.41, 5.74) is 0.671. The Morgan fingerprint density at radius 3 is 2.17 bits per heavy atom. The van der Waals surface area contributed by atoms with Gasteiger partial charge in [-0.1, -0.05) is 16.1 Å². The van der Waals surface area contributed by atoms with Crippen molar-refractivity contribution in [3.05, 3.63) is 10.0 Å². The van der Waals surface area contributed by atoms with E-state index in [-0.39, 0.29) is 0 Å². The molecule has 0 radical (unpaired) electrons. The predicted molar refractivity (Wildman–Crippen MR) is 68.1 cm³/mol. The molecule has 0 spiro atoms. The van der Waals surface area contributed by atoms with Gasteiger partial charge < -0.3 is 18.9 Å². The largest absolute Gasteiger partial charge is 0.382 e. The topological polar surface area (TPSA) is 62.7 Å². The predicted octanol–water partition coefficient (Wildman–Crippen LogP) is 1.39. The minimum Gasteiger partial charge on any atom is -0.382 e. The average Bonchev–Trinajstić information content (AvgIpc) is 2.77. The Morgan fingerprint density at radius 1 is 1.00 bits per heavy atom. The van der Waals surface area contributed by atoms with E-state index >= 15 is 0 Å². The van der Waals surface area contributed by atoms with Crippen LogP contribution in [-0.4, -0.2) is 56.3 Å². The molecule has 0 aliphatic rings. The summed E-state index contributed by atoms with van der Waals surface area (Å²) in [6.07, 6.45) is 0. The van der Waals surface area contributed by atoms with Gasteiger partial charge in [0.2, 0.25) is 0 Å². The van der Waals surface area contributed by atoms with Crippen LogP contribution >= 0.6 is 23.1 Å². The maximum atomic E-state index is 5.82. The van der Waals surface area contributed by atoms with Crippen LogP contribution in [0.5, 0.6) is 0 Å². The lowest BCUT2D eigenvalue weighted by atomic mass is 10.5. The molecule has 1 heterocycles. The minimum atomic E-state index is 0.364. The van der Waals surface area contributed by atoms with E-state index in [1.807, 2.05) is 0 Å². The third-order valence-corrected chi connectivity index (χ3v) is 2.91. The molecule has 1 aromatic heterocycles. The molecule has 0 N–H and O–H groups in total. The molecule has 0 unspecified atom stereocenters. The van der Waals surface area contributed by atoms with Gasteiger partial charge >= 0.3 is 0 Å². The summed E-state index contributed by atoms with van der Waals surface area (Å²) in [5, 5.41) is 3.83. The molecule has 0 saturated heterocycles. The monoisotopic (exact) mass is 296 g/mol. The van der Waals surface area contributed by atoms with Gasteiger partial charge in [0, 0.05) is 18.6 Å². The highest BCUT2D eigenvalue weighted by atomic mass is 35.5. The van der Waals surface area contributed by atoms with Gasteiger partial charge in [-0.25, -0.2) is 0 Å². The molecule has 0 aromatic carbocycles.